The first-order valence-corrected chi connectivity index (χ1v) is 8.66. The number of Topliss-reactive ketones (excluding diaryl/α,β-unsaturated/α-hetero) is 1. The molecule has 0 spiro atoms. The third-order valence-corrected chi connectivity index (χ3v) is 5.86. The summed E-state index contributed by atoms with van der Waals surface area (Å²) in [5, 5.41) is 0. The van der Waals surface area contributed by atoms with Gasteiger partial charge in [0.1, 0.15) is 5.78 Å². The molecule has 3 aliphatic rings. The average molecular weight is 277 g/mol. The van der Waals surface area contributed by atoms with Gasteiger partial charge in [0, 0.05) is 18.9 Å². The van der Waals surface area contributed by atoms with Gasteiger partial charge in [-0.15, -0.1) is 0 Å². The van der Waals surface area contributed by atoms with Crippen molar-refractivity contribution >= 4 is 5.78 Å². The summed E-state index contributed by atoms with van der Waals surface area (Å²) < 4.78 is 0. The number of piperidine rings is 1. The molecule has 20 heavy (non-hydrogen) atoms. The van der Waals surface area contributed by atoms with Crippen molar-refractivity contribution in [2.75, 3.05) is 13.1 Å². The lowest BCUT2D eigenvalue weighted by molar-refractivity contribution is -0.117. The first-order valence-electron chi connectivity index (χ1n) is 8.66. The summed E-state index contributed by atoms with van der Waals surface area (Å²) in [6.45, 7) is 9.72. The minimum absolute atomic E-state index is 0.484. The van der Waals surface area contributed by atoms with Crippen LogP contribution in [0.25, 0.3) is 0 Å². The van der Waals surface area contributed by atoms with Gasteiger partial charge in [0.2, 0.25) is 0 Å². The van der Waals surface area contributed by atoms with E-state index in [-0.39, 0.29) is 0 Å². The van der Waals surface area contributed by atoms with Gasteiger partial charge < -0.3 is 4.90 Å². The van der Waals surface area contributed by atoms with Gasteiger partial charge in [-0.3, -0.25) is 4.79 Å². The van der Waals surface area contributed by atoms with E-state index >= 15 is 0 Å². The van der Waals surface area contributed by atoms with Crippen LogP contribution in [0.3, 0.4) is 0 Å². The number of carbonyl (C=O) groups excluding carboxylic acids is 1. The predicted octanol–water partition coefficient (Wildman–Crippen LogP) is 3.89. The maximum Gasteiger partial charge on any atom is 0.133 e. The van der Waals surface area contributed by atoms with Crippen molar-refractivity contribution in [2.45, 2.75) is 71.8 Å². The molecule has 0 aromatic heterocycles. The Morgan fingerprint density at radius 2 is 1.60 bits per heavy atom. The molecule has 0 aromatic carbocycles. The van der Waals surface area contributed by atoms with Gasteiger partial charge in [0.25, 0.3) is 0 Å². The van der Waals surface area contributed by atoms with Gasteiger partial charge in [-0.2, -0.15) is 0 Å². The van der Waals surface area contributed by atoms with Crippen LogP contribution in [0.5, 0.6) is 0 Å². The van der Waals surface area contributed by atoms with Crippen molar-refractivity contribution < 1.29 is 4.79 Å². The Kier molecular flexibility index (Phi) is 3.96. The van der Waals surface area contributed by atoms with Gasteiger partial charge in [-0.05, 0) is 68.4 Å². The second-order valence-corrected chi connectivity index (χ2v) is 8.84. The van der Waals surface area contributed by atoms with E-state index in [1.165, 1.54) is 45.2 Å². The molecule has 2 saturated carbocycles. The highest BCUT2D eigenvalue weighted by atomic mass is 16.1. The molecule has 2 aliphatic carbocycles. The number of likely N-dealkylation sites (tertiary alicyclic amines) is 1. The second-order valence-electron chi connectivity index (χ2n) is 8.84. The minimum Gasteiger partial charge on any atom is -0.300 e. The van der Waals surface area contributed by atoms with Crippen LogP contribution in [0, 0.1) is 23.2 Å². The van der Waals surface area contributed by atoms with Gasteiger partial charge >= 0.3 is 0 Å². The van der Waals surface area contributed by atoms with Crippen molar-refractivity contribution in [1.82, 2.24) is 4.90 Å². The largest absolute Gasteiger partial charge is 0.300 e. The quantitative estimate of drug-likeness (QED) is 0.763. The molecule has 3 rings (SSSR count). The van der Waals surface area contributed by atoms with Crippen LogP contribution in [-0.4, -0.2) is 29.8 Å². The molecule has 0 bridgehead atoms. The number of ketones is 1. The highest BCUT2D eigenvalue weighted by Crippen LogP contribution is 2.45. The van der Waals surface area contributed by atoms with Crippen LogP contribution in [0.4, 0.5) is 0 Å². The monoisotopic (exact) mass is 277 g/mol. The average Bonchev–Trinajstić information content (AvgIpc) is 2.84. The Balaban J connectivity index is 1.47. The smallest absolute Gasteiger partial charge is 0.133 e. The molecule has 0 amide bonds. The third kappa shape index (κ3) is 3.27. The molecule has 2 nitrogen and oxygen atoms in total. The van der Waals surface area contributed by atoms with E-state index in [2.05, 4.69) is 25.7 Å². The van der Waals surface area contributed by atoms with E-state index in [1.807, 2.05) is 0 Å². The molecule has 2 heteroatoms. The first kappa shape index (κ1) is 14.6. The molecular formula is C18H31NO. The number of hydrogen-bond acceptors (Lipinski definition) is 2. The molecule has 2 atom stereocenters. The molecule has 0 N–H and O–H groups in total. The Bertz CT molecular complexity index is 346. The summed E-state index contributed by atoms with van der Waals surface area (Å²) in [4.78, 5) is 14.3. The Morgan fingerprint density at radius 3 is 2.10 bits per heavy atom. The summed E-state index contributed by atoms with van der Waals surface area (Å²) in [7, 11) is 0. The minimum atomic E-state index is 0.484. The molecule has 1 aliphatic heterocycles. The molecule has 0 aromatic rings. The number of carbonyl (C=O) groups is 1. The summed E-state index contributed by atoms with van der Waals surface area (Å²) in [5.41, 5.74) is 0.484. The normalized spacial score (nSPS) is 36.5. The number of hydrogen-bond donors (Lipinski definition) is 0. The standard InChI is InChI=1S/C18H31NO/c1-18(2,3)12-13-4-6-19(7-5-13)16-8-14-10-17(20)11-15(14)9-16/h13-16H,4-12H2,1-3H3. The number of fused-ring (bicyclic) bond motifs is 1. The summed E-state index contributed by atoms with van der Waals surface area (Å²) >= 11 is 0. The molecule has 2 unspecified atom stereocenters. The van der Waals surface area contributed by atoms with Crippen LogP contribution in [0.2, 0.25) is 0 Å². The lowest BCUT2D eigenvalue weighted by Crippen LogP contribution is -2.41. The van der Waals surface area contributed by atoms with E-state index in [0.717, 1.165) is 36.6 Å². The lowest BCUT2D eigenvalue weighted by Gasteiger charge is -2.38. The van der Waals surface area contributed by atoms with E-state index in [9.17, 15) is 4.79 Å². The fraction of sp³-hybridized carbons (Fsp3) is 0.944. The maximum absolute atomic E-state index is 11.5. The van der Waals surface area contributed by atoms with Gasteiger partial charge in [-0.1, -0.05) is 20.8 Å². The summed E-state index contributed by atoms with van der Waals surface area (Å²) in [6, 6.07) is 0.800. The molecule has 3 fully saturated rings. The fourth-order valence-electron chi connectivity index (χ4n) is 5.03. The lowest BCUT2D eigenvalue weighted by atomic mass is 9.80. The highest BCUT2D eigenvalue weighted by Gasteiger charge is 2.43. The van der Waals surface area contributed by atoms with Gasteiger partial charge in [0.05, 0.1) is 0 Å². The number of nitrogens with zero attached hydrogens (tertiary/aromatic N) is 1. The Labute approximate surface area is 124 Å². The molecule has 0 radical (unpaired) electrons. The predicted molar refractivity (Wildman–Crippen MR) is 82.6 cm³/mol. The van der Waals surface area contributed by atoms with E-state index in [0.29, 0.717) is 11.2 Å². The van der Waals surface area contributed by atoms with Crippen molar-refractivity contribution in [3.05, 3.63) is 0 Å². The van der Waals surface area contributed by atoms with Crippen LogP contribution in [0.1, 0.15) is 65.7 Å². The van der Waals surface area contributed by atoms with Gasteiger partial charge in [-0.25, -0.2) is 0 Å². The number of rotatable bonds is 2. The van der Waals surface area contributed by atoms with Crippen LogP contribution in [0.15, 0.2) is 0 Å². The van der Waals surface area contributed by atoms with Crippen LogP contribution < -0.4 is 0 Å². The van der Waals surface area contributed by atoms with Crippen molar-refractivity contribution in [3.63, 3.8) is 0 Å². The molecule has 1 saturated heterocycles. The van der Waals surface area contributed by atoms with E-state index in [1.54, 1.807) is 0 Å². The van der Waals surface area contributed by atoms with Crippen molar-refractivity contribution in [3.8, 4) is 0 Å². The Hall–Kier alpha value is -0.370. The zero-order valence-corrected chi connectivity index (χ0v) is 13.5. The van der Waals surface area contributed by atoms with E-state index < -0.39 is 0 Å². The van der Waals surface area contributed by atoms with Crippen LogP contribution in [-0.2, 0) is 4.79 Å². The highest BCUT2D eigenvalue weighted by molar-refractivity contribution is 5.81. The fourth-order valence-corrected chi connectivity index (χ4v) is 5.03. The van der Waals surface area contributed by atoms with Crippen molar-refractivity contribution in [2.24, 2.45) is 23.2 Å². The molecular weight excluding hydrogens is 246 g/mol. The molecule has 1 heterocycles. The first-order chi connectivity index (χ1) is 9.40. The topological polar surface area (TPSA) is 20.3 Å². The Morgan fingerprint density at radius 1 is 1.05 bits per heavy atom. The SMILES string of the molecule is CC(C)(C)CC1CCN(C2CC3CC(=O)CC3C2)CC1. The zero-order chi connectivity index (χ0) is 14.3. The van der Waals surface area contributed by atoms with Gasteiger partial charge in [0.15, 0.2) is 0 Å². The molecule has 114 valence electrons. The summed E-state index contributed by atoms with van der Waals surface area (Å²) in [6.07, 6.45) is 8.55. The second kappa shape index (κ2) is 5.44. The maximum atomic E-state index is 11.5. The summed E-state index contributed by atoms with van der Waals surface area (Å²) in [5.74, 6) is 2.94. The van der Waals surface area contributed by atoms with Crippen LogP contribution >= 0.6 is 0 Å². The third-order valence-electron chi connectivity index (χ3n) is 5.86. The zero-order valence-electron chi connectivity index (χ0n) is 13.5. The van der Waals surface area contributed by atoms with Crippen molar-refractivity contribution in [1.29, 1.82) is 0 Å². The van der Waals surface area contributed by atoms with E-state index in [4.69, 9.17) is 0 Å².